The van der Waals surface area contributed by atoms with Crippen molar-refractivity contribution in [2.75, 3.05) is 123 Å². The maximum Gasteiger partial charge on any atom is 0.318 e. The van der Waals surface area contributed by atoms with Crippen LogP contribution in [0.2, 0.25) is 0 Å². The maximum atomic E-state index is 13.4. The van der Waals surface area contributed by atoms with E-state index >= 15 is 0 Å². The van der Waals surface area contributed by atoms with E-state index in [9.17, 15) is 28.8 Å². The second-order valence-electron chi connectivity index (χ2n) is 28.6. The van der Waals surface area contributed by atoms with Crippen LogP contribution in [0.3, 0.4) is 0 Å². The van der Waals surface area contributed by atoms with Gasteiger partial charge in [0.05, 0.1) is 90.0 Å². The molecule has 4 aromatic rings. The molecule has 5 aliphatic carbocycles. The summed E-state index contributed by atoms with van der Waals surface area (Å²) in [5, 5.41) is 7.94. The standard InChI is InChI=1S/C60H89N7O12S.C18H22N4O3/c1-5-74-27-28-76-25-21-62-48(70)34-44(58(72)63-22-26-77-30-32-78-31-29-75-24-9-10-42(68)17-16-40-12-14-41(15-13-40)36-79-60-64-20-18-46(61)66-60)65-47(69)11-7-6-8-23-67-49(71)35-45(59(67)73)80-33-19-43-39(4)52-53(43)57-55-51-38(3)37(2)50(51)54(55)56(52)57;1-2-23-9-10-24-11-13-3-5-14(6-4-13)12-25-17-16-15(7-8-20-16)21-18(19)22-17/h12-15,18,20,37-39,43-45,50-57H,5-11,16-17,19,21-36H2,1-4H3,(H,62,70)(H,63,72)(H,65,69)(H2,61,64,66);3-6,8H,2,7,9-12H2,1H3,(H2,19,21,22). The molecule has 7 N–H and O–H groups in total. The number of nitrogens with one attached hydrogen (secondary N) is 3. The first kappa shape index (κ1) is 80.3. The van der Waals surface area contributed by atoms with Gasteiger partial charge in [-0.25, -0.2) is 9.97 Å². The van der Waals surface area contributed by atoms with Gasteiger partial charge in [0.1, 0.15) is 36.5 Å². The Balaban J connectivity index is 0.000000396. The molecule has 27 heteroatoms. The van der Waals surface area contributed by atoms with E-state index in [0.29, 0.717) is 161 Å². The number of fused-ring (bicyclic) bond motifs is 11. The molecule has 0 radical (unpaired) electrons. The van der Waals surface area contributed by atoms with Crippen molar-refractivity contribution in [2.45, 2.75) is 143 Å². The molecule has 14 atom stereocenters. The normalized spacial score (nSPS) is 24.2. The molecule has 2 aromatic heterocycles. The number of nitrogen functional groups attached to an aromatic ring is 2. The van der Waals surface area contributed by atoms with Gasteiger partial charge in [0, 0.05) is 84.0 Å². The van der Waals surface area contributed by atoms with Gasteiger partial charge in [0.15, 0.2) is 0 Å². The molecule has 0 bridgehead atoms. The number of aryl methyl sites for hydroxylation is 1. The lowest BCUT2D eigenvalue weighted by Gasteiger charge is -2.88. The second kappa shape index (κ2) is 41.2. The molecule has 14 unspecified atom stereocenters. The smallest absolute Gasteiger partial charge is 0.318 e. The first-order valence-electron chi connectivity index (χ1n) is 38.2. The Morgan fingerprint density at radius 2 is 1.18 bits per heavy atom. The molecule has 0 spiro atoms. The summed E-state index contributed by atoms with van der Waals surface area (Å²) in [6.07, 6.45) is 9.13. The number of hydrogen-bond donors (Lipinski definition) is 5. The fourth-order valence-electron chi connectivity index (χ4n) is 16.8. The van der Waals surface area contributed by atoms with Crippen molar-refractivity contribution < 1.29 is 71.4 Å². The Morgan fingerprint density at radius 1 is 0.590 bits per heavy atom. The van der Waals surface area contributed by atoms with Crippen LogP contribution in [0.15, 0.2) is 65.8 Å². The molecule has 105 heavy (non-hydrogen) atoms. The van der Waals surface area contributed by atoms with Crippen LogP contribution in [0, 0.1) is 71.0 Å². The minimum atomic E-state index is -1.11. The molecular formula is C78H111N11O15S. The topological polar surface area (TPSA) is 341 Å². The Labute approximate surface area is 622 Å². The zero-order valence-electron chi connectivity index (χ0n) is 61.9. The van der Waals surface area contributed by atoms with E-state index in [4.69, 9.17) is 54.1 Å². The summed E-state index contributed by atoms with van der Waals surface area (Å²) < 4.78 is 49.7. The van der Waals surface area contributed by atoms with Gasteiger partial charge in [-0.05, 0) is 151 Å². The van der Waals surface area contributed by atoms with Crippen molar-refractivity contribution in [1.29, 1.82) is 0 Å². The highest BCUT2D eigenvalue weighted by Gasteiger charge is 2.83. The van der Waals surface area contributed by atoms with Crippen molar-refractivity contribution in [2.24, 2.45) is 76.0 Å². The van der Waals surface area contributed by atoms with E-state index < -0.39 is 17.9 Å². The van der Waals surface area contributed by atoms with Crippen LogP contribution < -0.4 is 36.9 Å². The summed E-state index contributed by atoms with van der Waals surface area (Å²) in [4.78, 5) is 100. The van der Waals surface area contributed by atoms with Crippen LogP contribution in [0.5, 0.6) is 11.9 Å². The van der Waals surface area contributed by atoms with E-state index in [1.165, 1.54) is 4.90 Å². The van der Waals surface area contributed by atoms with Crippen LogP contribution >= 0.6 is 11.8 Å². The van der Waals surface area contributed by atoms with E-state index in [1.807, 2.05) is 62.4 Å². The SMILES string of the molecule is CCOCCOCCNC(=O)CC(NC(=O)CCCCCN1C(=O)CC(SCCC2C(C)C3C2C2C4C5C(C)C(C)C5C4C32)C1=O)C(=O)NCCOCCOCCOCCCC(=O)CCc1ccc(COc2nccc(N)n2)cc1.CCOCCOCc1ccc(COc2nc(N)nc3c2N=CC3)cc1. The van der Waals surface area contributed by atoms with Gasteiger partial charge in [-0.3, -0.25) is 38.7 Å². The Kier molecular flexibility index (Phi) is 31.5. The third-order valence-corrected chi connectivity index (χ3v) is 23.4. The van der Waals surface area contributed by atoms with Crippen molar-refractivity contribution in [3.05, 3.63) is 88.7 Å². The number of amides is 5. The van der Waals surface area contributed by atoms with Gasteiger partial charge in [-0.15, -0.1) is 11.8 Å². The van der Waals surface area contributed by atoms with Gasteiger partial charge in [0.25, 0.3) is 0 Å². The number of Topliss-reactive ketones (excluding diaryl/α,β-unsaturated/α-hetero) is 1. The quantitative estimate of drug-likeness (QED) is 0.0159. The minimum Gasteiger partial charge on any atom is -0.471 e. The van der Waals surface area contributed by atoms with Gasteiger partial charge in [-0.1, -0.05) is 75.7 Å². The first-order chi connectivity index (χ1) is 51.1. The predicted molar refractivity (Wildman–Crippen MR) is 397 cm³/mol. The average molecular weight is 1470 g/mol. The number of rotatable bonds is 49. The number of carbonyl (C=O) groups excluding carboxylic acids is 6. The number of nitrogens with two attached hydrogens (primary N) is 2. The number of anilines is 2. The second-order valence-corrected chi connectivity index (χ2v) is 29.9. The molecule has 5 saturated carbocycles. The molecule has 11 rings (SSSR count). The highest BCUT2D eigenvalue weighted by atomic mass is 32.2. The zero-order valence-corrected chi connectivity index (χ0v) is 62.7. The Morgan fingerprint density at radius 3 is 1.85 bits per heavy atom. The van der Waals surface area contributed by atoms with Crippen LogP contribution in [0.1, 0.15) is 127 Å². The largest absolute Gasteiger partial charge is 0.471 e. The number of aromatic nitrogens is 4. The number of ketones is 1. The molecule has 2 aromatic carbocycles. The molecule has 7 aliphatic rings. The lowest BCUT2D eigenvalue weighted by atomic mass is 9.16. The van der Waals surface area contributed by atoms with Gasteiger partial charge >= 0.3 is 6.01 Å². The summed E-state index contributed by atoms with van der Waals surface area (Å²) in [5.74, 6) is 11.9. The molecular weight excluding hydrogens is 1360 g/mol. The maximum absolute atomic E-state index is 13.4. The number of nitrogens with zero attached hydrogens (tertiary/aromatic N) is 6. The van der Waals surface area contributed by atoms with Crippen molar-refractivity contribution in [3.63, 3.8) is 0 Å². The molecule has 574 valence electrons. The molecule has 5 amide bonds. The third kappa shape index (κ3) is 22.2. The van der Waals surface area contributed by atoms with Gasteiger partial charge in [0.2, 0.25) is 41.4 Å². The fraction of sp³-hybridized carbons (Fsp3) is 0.654. The molecule has 6 fully saturated rings. The van der Waals surface area contributed by atoms with Crippen LogP contribution in [-0.4, -0.2) is 189 Å². The summed E-state index contributed by atoms with van der Waals surface area (Å²) in [7, 11) is 0. The Hall–Kier alpha value is -7.24. The summed E-state index contributed by atoms with van der Waals surface area (Å²) in [5.41, 5.74) is 17.0. The zero-order chi connectivity index (χ0) is 74.0. The fourth-order valence-corrected chi connectivity index (χ4v) is 18.0. The highest BCUT2D eigenvalue weighted by molar-refractivity contribution is 8.00. The lowest BCUT2D eigenvalue weighted by Crippen LogP contribution is -2.85. The highest BCUT2D eigenvalue weighted by Crippen LogP contribution is 2.87. The van der Waals surface area contributed by atoms with Crippen LogP contribution in [0.4, 0.5) is 17.5 Å². The summed E-state index contributed by atoms with van der Waals surface area (Å²) in [6.45, 7) is 18.9. The molecule has 26 nitrogen and oxygen atoms in total. The number of ether oxygens (including phenoxy) is 9. The molecule has 2 aliphatic heterocycles. The van der Waals surface area contributed by atoms with Gasteiger partial charge < -0.3 is 70.0 Å². The monoisotopic (exact) mass is 1470 g/mol. The number of imide groups is 1. The van der Waals surface area contributed by atoms with Crippen LogP contribution in [-0.2, 0) is 94.6 Å². The molecule has 4 heterocycles. The van der Waals surface area contributed by atoms with E-state index in [-0.39, 0.29) is 92.9 Å². The number of benzene rings is 2. The molecule has 1 saturated heterocycles. The van der Waals surface area contributed by atoms with E-state index in [0.717, 1.165) is 111 Å². The van der Waals surface area contributed by atoms with Crippen molar-refractivity contribution in [1.82, 2.24) is 40.8 Å². The number of unbranched alkanes of at least 4 members (excludes halogenated alkanes) is 2. The predicted octanol–water partition coefficient (Wildman–Crippen LogP) is 7.91. The third-order valence-electron chi connectivity index (χ3n) is 22.2. The number of hydrogen-bond acceptors (Lipinski definition) is 23. The number of thioether (sulfide) groups is 1. The number of likely N-dealkylation sites (tertiary alicyclic amines) is 1. The van der Waals surface area contributed by atoms with Crippen LogP contribution in [0.25, 0.3) is 0 Å². The van der Waals surface area contributed by atoms with Crippen molar-refractivity contribution >= 4 is 70.7 Å². The minimum absolute atomic E-state index is 0.0813. The van der Waals surface area contributed by atoms with Gasteiger partial charge in [-0.2, -0.15) is 9.97 Å². The van der Waals surface area contributed by atoms with E-state index in [1.54, 1.807) is 30.2 Å². The number of aliphatic imine (C=N–C) groups is 1. The van der Waals surface area contributed by atoms with E-state index in [2.05, 4.69) is 61.6 Å². The summed E-state index contributed by atoms with van der Waals surface area (Å²) >= 11 is 1.67. The number of carbonyl (C=O) groups is 6. The first-order valence-corrected chi connectivity index (χ1v) is 39.2. The average Bonchev–Trinajstić information content (AvgIpc) is 0.666. The Bertz CT molecular complexity index is 3480. The van der Waals surface area contributed by atoms with Crippen molar-refractivity contribution in [3.8, 4) is 11.9 Å². The lowest BCUT2D eigenvalue weighted by molar-refractivity contribution is -0.413. The summed E-state index contributed by atoms with van der Waals surface area (Å²) in [6, 6.07) is 16.7.